The molecule has 0 aromatic rings. The van der Waals surface area contributed by atoms with Crippen LogP contribution in [0.1, 0.15) is 162 Å². The maximum atomic E-state index is 10.6. The molecule has 0 aliphatic rings. The number of aliphatic hydroxyl groups excluding tert-OH is 2. The van der Waals surface area contributed by atoms with E-state index in [2.05, 4.69) is 25.7 Å². The molecule has 0 bridgehead atoms. The van der Waals surface area contributed by atoms with Crippen LogP contribution in [0.5, 0.6) is 0 Å². The second-order valence-electron chi connectivity index (χ2n) is 10.7. The van der Waals surface area contributed by atoms with Crippen LogP contribution in [0.2, 0.25) is 0 Å². The Bertz CT molecular complexity index is 335. The van der Waals surface area contributed by atoms with Gasteiger partial charge in [-0.15, -0.1) is 0 Å². The molecule has 0 spiro atoms. The zero-order valence-electron chi connectivity index (χ0n) is 23.2. The Hall–Kier alpha value is -0.120. The lowest BCUT2D eigenvalue weighted by Gasteiger charge is -2.27. The maximum absolute atomic E-state index is 10.6. The summed E-state index contributed by atoms with van der Waals surface area (Å²) in [6.45, 7) is 9.27. The van der Waals surface area contributed by atoms with E-state index in [0.29, 0.717) is 0 Å². The maximum Gasteiger partial charge on any atom is 0.0667 e. The lowest BCUT2D eigenvalue weighted by molar-refractivity contribution is 0.0596. The van der Waals surface area contributed by atoms with E-state index in [1.807, 2.05) is 0 Å². The Morgan fingerprint density at radius 2 is 0.727 bits per heavy atom. The number of unbranched alkanes of at least 4 members (excludes halogenated alkanes) is 17. The van der Waals surface area contributed by atoms with Crippen LogP contribution in [0, 0.1) is 0 Å². The van der Waals surface area contributed by atoms with Crippen LogP contribution in [-0.2, 0) is 0 Å². The number of rotatable bonds is 27. The summed E-state index contributed by atoms with van der Waals surface area (Å²) in [5.74, 6) is 0. The highest BCUT2D eigenvalue weighted by atomic mass is 16.3. The molecule has 0 radical (unpaired) electrons. The minimum Gasteiger partial charge on any atom is -0.392 e. The molecule has 2 atom stereocenters. The predicted octanol–water partition coefficient (Wildman–Crippen LogP) is 8.65. The molecule has 0 fully saturated rings. The first-order valence-corrected chi connectivity index (χ1v) is 15.2. The van der Waals surface area contributed by atoms with Gasteiger partial charge in [0.05, 0.1) is 12.2 Å². The molecule has 0 rings (SSSR count). The van der Waals surface area contributed by atoms with Crippen molar-refractivity contribution in [3.63, 3.8) is 0 Å². The predicted molar refractivity (Wildman–Crippen MR) is 147 cm³/mol. The smallest absolute Gasteiger partial charge is 0.0667 e. The zero-order valence-corrected chi connectivity index (χ0v) is 23.2. The van der Waals surface area contributed by atoms with E-state index >= 15 is 0 Å². The second-order valence-corrected chi connectivity index (χ2v) is 10.7. The van der Waals surface area contributed by atoms with E-state index in [4.69, 9.17) is 0 Å². The average Bonchev–Trinajstić information content (AvgIpc) is 2.80. The van der Waals surface area contributed by atoms with Crippen molar-refractivity contribution in [3.05, 3.63) is 0 Å². The van der Waals surface area contributed by atoms with Gasteiger partial charge in [0.2, 0.25) is 0 Å². The number of aliphatic hydroxyl groups is 2. The van der Waals surface area contributed by atoms with Crippen molar-refractivity contribution in [2.24, 2.45) is 0 Å². The summed E-state index contributed by atoms with van der Waals surface area (Å²) in [7, 11) is 0. The van der Waals surface area contributed by atoms with Crippen molar-refractivity contribution < 1.29 is 10.2 Å². The summed E-state index contributed by atoms with van der Waals surface area (Å²) in [5.41, 5.74) is 0. The van der Waals surface area contributed by atoms with Crippen molar-refractivity contribution in [1.82, 2.24) is 4.90 Å². The molecule has 0 aromatic heterocycles. The van der Waals surface area contributed by atoms with Crippen LogP contribution in [0.4, 0.5) is 0 Å². The van der Waals surface area contributed by atoms with Gasteiger partial charge in [-0.3, -0.25) is 4.90 Å². The quantitative estimate of drug-likeness (QED) is 0.118. The van der Waals surface area contributed by atoms with Gasteiger partial charge < -0.3 is 10.2 Å². The molecular formula is C30H63NO2. The topological polar surface area (TPSA) is 43.7 Å². The van der Waals surface area contributed by atoms with Gasteiger partial charge in [0.1, 0.15) is 0 Å². The molecule has 33 heavy (non-hydrogen) atoms. The number of hydrogen-bond donors (Lipinski definition) is 2. The first-order chi connectivity index (χ1) is 16.1. The van der Waals surface area contributed by atoms with Crippen LogP contribution in [0.25, 0.3) is 0 Å². The highest BCUT2D eigenvalue weighted by Gasteiger charge is 2.15. The second kappa shape index (κ2) is 26.5. The van der Waals surface area contributed by atoms with Crippen molar-refractivity contribution in [2.75, 3.05) is 19.6 Å². The summed E-state index contributed by atoms with van der Waals surface area (Å²) < 4.78 is 0. The molecule has 2 N–H and O–H groups in total. The Morgan fingerprint density at radius 3 is 1.09 bits per heavy atom. The number of nitrogens with zero attached hydrogens (tertiary/aromatic N) is 1. The van der Waals surface area contributed by atoms with Crippen LogP contribution in [0.15, 0.2) is 0 Å². The minimum absolute atomic E-state index is 0.244. The molecule has 2 unspecified atom stereocenters. The summed E-state index contributed by atoms with van der Waals surface area (Å²) in [6, 6.07) is 0. The fourth-order valence-electron chi connectivity index (χ4n) is 4.83. The van der Waals surface area contributed by atoms with Crippen LogP contribution in [-0.4, -0.2) is 47.0 Å². The SMILES string of the molecule is CCCCCCCCCCC(O)CN(CCCCCC)CC(O)CCCCCCCCCC. The zero-order chi connectivity index (χ0) is 24.4. The van der Waals surface area contributed by atoms with Crippen molar-refractivity contribution in [3.8, 4) is 0 Å². The Kier molecular flexibility index (Phi) is 26.4. The molecule has 0 aliphatic carbocycles. The van der Waals surface area contributed by atoms with Crippen molar-refractivity contribution >= 4 is 0 Å². The average molecular weight is 470 g/mol. The van der Waals surface area contributed by atoms with Crippen LogP contribution < -0.4 is 0 Å². The molecule has 200 valence electrons. The van der Waals surface area contributed by atoms with E-state index in [1.54, 1.807) is 0 Å². The fraction of sp³-hybridized carbons (Fsp3) is 1.00. The van der Waals surface area contributed by atoms with E-state index < -0.39 is 0 Å². The molecule has 3 nitrogen and oxygen atoms in total. The number of hydrogen-bond acceptors (Lipinski definition) is 3. The van der Waals surface area contributed by atoms with Gasteiger partial charge in [-0.25, -0.2) is 0 Å². The Labute approximate surface area is 209 Å². The van der Waals surface area contributed by atoms with Gasteiger partial charge in [0.25, 0.3) is 0 Å². The van der Waals surface area contributed by atoms with Gasteiger partial charge in [-0.2, -0.15) is 0 Å². The Balaban J connectivity index is 4.04. The summed E-state index contributed by atoms with van der Waals surface area (Å²) in [5, 5.41) is 21.2. The molecule has 0 saturated carbocycles. The summed E-state index contributed by atoms with van der Waals surface area (Å²) in [6.07, 6.45) is 27.3. The van der Waals surface area contributed by atoms with Crippen LogP contribution in [0.3, 0.4) is 0 Å². The molecule has 0 heterocycles. The lowest BCUT2D eigenvalue weighted by Crippen LogP contribution is -2.38. The highest BCUT2D eigenvalue weighted by Crippen LogP contribution is 2.14. The highest BCUT2D eigenvalue weighted by molar-refractivity contribution is 4.70. The Morgan fingerprint density at radius 1 is 0.424 bits per heavy atom. The molecule has 3 heteroatoms. The van der Waals surface area contributed by atoms with Crippen LogP contribution >= 0.6 is 0 Å². The third kappa shape index (κ3) is 24.8. The molecule has 0 amide bonds. The normalized spacial score (nSPS) is 13.6. The lowest BCUT2D eigenvalue weighted by atomic mass is 10.0. The van der Waals surface area contributed by atoms with E-state index in [1.165, 1.54) is 116 Å². The standard InChI is InChI=1S/C30H63NO2/c1-4-7-10-13-15-17-19-21-24-29(32)27-31(26-23-12-9-6-3)28-30(33)25-22-20-18-16-14-11-8-5-2/h29-30,32-33H,4-28H2,1-3H3. The largest absolute Gasteiger partial charge is 0.392 e. The third-order valence-electron chi connectivity index (χ3n) is 7.05. The molecular weight excluding hydrogens is 406 g/mol. The van der Waals surface area contributed by atoms with Crippen molar-refractivity contribution in [2.45, 2.75) is 174 Å². The van der Waals surface area contributed by atoms with E-state index in [0.717, 1.165) is 45.3 Å². The molecule has 0 aromatic carbocycles. The van der Waals surface area contributed by atoms with E-state index in [-0.39, 0.29) is 12.2 Å². The summed E-state index contributed by atoms with van der Waals surface area (Å²) >= 11 is 0. The van der Waals surface area contributed by atoms with Gasteiger partial charge in [0, 0.05) is 13.1 Å². The molecule has 0 saturated heterocycles. The van der Waals surface area contributed by atoms with E-state index in [9.17, 15) is 10.2 Å². The minimum atomic E-state index is -0.244. The van der Waals surface area contributed by atoms with Gasteiger partial charge >= 0.3 is 0 Å². The summed E-state index contributed by atoms with van der Waals surface area (Å²) in [4.78, 5) is 2.35. The monoisotopic (exact) mass is 469 g/mol. The fourth-order valence-corrected chi connectivity index (χ4v) is 4.83. The van der Waals surface area contributed by atoms with Gasteiger partial charge in [0.15, 0.2) is 0 Å². The van der Waals surface area contributed by atoms with Crippen molar-refractivity contribution in [1.29, 1.82) is 0 Å². The van der Waals surface area contributed by atoms with Gasteiger partial charge in [-0.05, 0) is 25.8 Å². The molecule has 0 aliphatic heterocycles. The third-order valence-corrected chi connectivity index (χ3v) is 7.05. The first-order valence-electron chi connectivity index (χ1n) is 15.2. The van der Waals surface area contributed by atoms with Gasteiger partial charge in [-0.1, -0.05) is 143 Å². The first kappa shape index (κ1) is 32.9.